The number of aliphatic hydroxyl groups excluding tert-OH is 1. The van der Waals surface area contributed by atoms with Gasteiger partial charge < -0.3 is 15.7 Å². The van der Waals surface area contributed by atoms with Crippen molar-refractivity contribution in [3.05, 3.63) is 0 Å². The second-order valence-electron chi connectivity index (χ2n) is 4.43. The Kier molecular flexibility index (Phi) is 2.74. The van der Waals surface area contributed by atoms with Gasteiger partial charge in [-0.3, -0.25) is 4.79 Å². The monoisotopic (exact) mass is 198 g/mol. The van der Waals surface area contributed by atoms with Gasteiger partial charge in [-0.25, -0.2) is 0 Å². The van der Waals surface area contributed by atoms with E-state index in [1.165, 1.54) is 0 Å². The van der Waals surface area contributed by atoms with Crippen LogP contribution in [0.3, 0.4) is 0 Å². The molecule has 1 aliphatic heterocycles. The molecule has 1 amide bonds. The van der Waals surface area contributed by atoms with Crippen LogP contribution in [0, 0.1) is 0 Å². The summed E-state index contributed by atoms with van der Waals surface area (Å²) in [4.78, 5) is 11.7. The number of hydrogen-bond donors (Lipinski definition) is 3. The summed E-state index contributed by atoms with van der Waals surface area (Å²) in [6.45, 7) is 1.01. The highest BCUT2D eigenvalue weighted by Crippen LogP contribution is 2.31. The van der Waals surface area contributed by atoms with E-state index in [1.54, 1.807) is 0 Å². The minimum Gasteiger partial charge on any atom is -0.394 e. The standard InChI is InChI=1S/C10H18N2O2/c13-7-10(4-2-5-10)12-9(14)8-3-1-6-11-8/h8,11,13H,1-7H2,(H,12,14)/t8-/m0/s1. The molecule has 1 saturated heterocycles. The molecule has 1 saturated carbocycles. The van der Waals surface area contributed by atoms with Crippen molar-refractivity contribution < 1.29 is 9.90 Å². The van der Waals surface area contributed by atoms with Gasteiger partial charge in [0, 0.05) is 0 Å². The van der Waals surface area contributed by atoms with Gasteiger partial charge in [-0.1, -0.05) is 0 Å². The van der Waals surface area contributed by atoms with E-state index in [9.17, 15) is 9.90 Å². The third-order valence-corrected chi connectivity index (χ3v) is 3.38. The highest BCUT2D eigenvalue weighted by Gasteiger charge is 2.39. The highest BCUT2D eigenvalue weighted by atomic mass is 16.3. The first-order valence-corrected chi connectivity index (χ1v) is 5.42. The molecule has 0 aromatic carbocycles. The molecule has 0 spiro atoms. The molecule has 3 N–H and O–H groups in total. The average Bonchev–Trinajstić information content (AvgIpc) is 2.63. The van der Waals surface area contributed by atoms with Crippen molar-refractivity contribution >= 4 is 5.91 Å². The largest absolute Gasteiger partial charge is 0.394 e. The minimum absolute atomic E-state index is 0.0287. The molecule has 1 heterocycles. The number of aliphatic hydroxyl groups is 1. The number of carbonyl (C=O) groups is 1. The van der Waals surface area contributed by atoms with Crippen LogP contribution in [0.2, 0.25) is 0 Å². The maximum Gasteiger partial charge on any atom is 0.237 e. The molecule has 2 fully saturated rings. The van der Waals surface area contributed by atoms with E-state index in [2.05, 4.69) is 10.6 Å². The molecule has 80 valence electrons. The summed E-state index contributed by atoms with van der Waals surface area (Å²) in [6.07, 6.45) is 4.94. The smallest absolute Gasteiger partial charge is 0.237 e. The number of rotatable bonds is 3. The van der Waals surface area contributed by atoms with Gasteiger partial charge >= 0.3 is 0 Å². The Bertz CT molecular complexity index is 215. The molecular formula is C10H18N2O2. The summed E-state index contributed by atoms with van der Waals surface area (Å²) in [7, 11) is 0. The highest BCUT2D eigenvalue weighted by molar-refractivity contribution is 5.82. The maximum atomic E-state index is 11.7. The first-order valence-electron chi connectivity index (χ1n) is 5.42. The number of carbonyl (C=O) groups excluding carboxylic acids is 1. The minimum atomic E-state index is -0.290. The molecule has 1 aliphatic carbocycles. The first kappa shape index (κ1) is 9.93. The van der Waals surface area contributed by atoms with Crippen LogP contribution in [0.25, 0.3) is 0 Å². The molecule has 2 rings (SSSR count). The summed E-state index contributed by atoms with van der Waals surface area (Å²) < 4.78 is 0. The van der Waals surface area contributed by atoms with E-state index in [-0.39, 0.29) is 24.1 Å². The lowest BCUT2D eigenvalue weighted by molar-refractivity contribution is -0.126. The van der Waals surface area contributed by atoms with E-state index in [0.717, 1.165) is 38.6 Å². The van der Waals surface area contributed by atoms with Crippen LogP contribution in [0.4, 0.5) is 0 Å². The van der Waals surface area contributed by atoms with Gasteiger partial charge in [0.15, 0.2) is 0 Å². The predicted octanol–water partition coefficient (Wildman–Crippen LogP) is -0.230. The van der Waals surface area contributed by atoms with Gasteiger partial charge in [-0.2, -0.15) is 0 Å². The van der Waals surface area contributed by atoms with E-state index in [4.69, 9.17) is 0 Å². The fourth-order valence-electron chi connectivity index (χ4n) is 2.18. The first-order chi connectivity index (χ1) is 6.76. The summed E-state index contributed by atoms with van der Waals surface area (Å²) in [5.41, 5.74) is -0.290. The maximum absolute atomic E-state index is 11.7. The average molecular weight is 198 g/mol. The Labute approximate surface area is 84.1 Å². The van der Waals surface area contributed by atoms with Gasteiger partial charge in [0.2, 0.25) is 5.91 Å². The summed E-state index contributed by atoms with van der Waals surface area (Å²) in [5.74, 6) is 0.0660. The lowest BCUT2D eigenvalue weighted by Gasteiger charge is -2.41. The zero-order chi connectivity index (χ0) is 10.0. The molecule has 0 unspecified atom stereocenters. The van der Waals surface area contributed by atoms with Gasteiger partial charge in [0.05, 0.1) is 18.2 Å². The normalized spacial score (nSPS) is 29.6. The van der Waals surface area contributed by atoms with Crippen molar-refractivity contribution in [3.8, 4) is 0 Å². The fraction of sp³-hybridized carbons (Fsp3) is 0.900. The van der Waals surface area contributed by atoms with E-state index in [1.807, 2.05) is 0 Å². The molecule has 4 heteroatoms. The van der Waals surface area contributed by atoms with Crippen molar-refractivity contribution in [1.82, 2.24) is 10.6 Å². The van der Waals surface area contributed by atoms with Crippen molar-refractivity contribution in [1.29, 1.82) is 0 Å². The van der Waals surface area contributed by atoms with Crippen LogP contribution in [0.5, 0.6) is 0 Å². The zero-order valence-electron chi connectivity index (χ0n) is 8.38. The Morgan fingerprint density at radius 3 is 2.71 bits per heavy atom. The third kappa shape index (κ3) is 1.77. The lowest BCUT2D eigenvalue weighted by Crippen LogP contribution is -2.59. The van der Waals surface area contributed by atoms with Crippen molar-refractivity contribution in [2.45, 2.75) is 43.7 Å². The molecule has 0 bridgehead atoms. The van der Waals surface area contributed by atoms with Crippen molar-refractivity contribution in [3.63, 3.8) is 0 Å². The Hall–Kier alpha value is -0.610. The Morgan fingerprint density at radius 2 is 2.29 bits per heavy atom. The van der Waals surface area contributed by atoms with Crippen molar-refractivity contribution in [2.75, 3.05) is 13.2 Å². The van der Waals surface area contributed by atoms with E-state index >= 15 is 0 Å². The molecule has 1 atom stereocenters. The van der Waals surface area contributed by atoms with Gasteiger partial charge in [-0.15, -0.1) is 0 Å². The summed E-state index contributed by atoms with van der Waals surface area (Å²) in [5, 5.41) is 15.3. The van der Waals surface area contributed by atoms with Crippen LogP contribution in [0.15, 0.2) is 0 Å². The van der Waals surface area contributed by atoms with Gasteiger partial charge in [0.1, 0.15) is 0 Å². The Morgan fingerprint density at radius 1 is 1.50 bits per heavy atom. The quantitative estimate of drug-likeness (QED) is 0.587. The third-order valence-electron chi connectivity index (χ3n) is 3.38. The number of nitrogens with one attached hydrogen (secondary N) is 2. The number of hydrogen-bond acceptors (Lipinski definition) is 3. The van der Waals surface area contributed by atoms with Crippen LogP contribution >= 0.6 is 0 Å². The topological polar surface area (TPSA) is 61.4 Å². The lowest BCUT2D eigenvalue weighted by atomic mass is 9.77. The molecule has 4 nitrogen and oxygen atoms in total. The summed E-state index contributed by atoms with van der Waals surface area (Å²) in [6, 6.07) is -0.0287. The van der Waals surface area contributed by atoms with Crippen molar-refractivity contribution in [2.24, 2.45) is 0 Å². The SMILES string of the molecule is O=C(NC1(CO)CCC1)[C@@H]1CCCN1. The molecule has 0 radical (unpaired) electrons. The second kappa shape index (κ2) is 3.87. The molecule has 0 aromatic rings. The van der Waals surface area contributed by atoms with Crippen LogP contribution in [0.1, 0.15) is 32.1 Å². The zero-order valence-corrected chi connectivity index (χ0v) is 8.38. The van der Waals surface area contributed by atoms with Gasteiger partial charge in [0.25, 0.3) is 0 Å². The molecule has 14 heavy (non-hydrogen) atoms. The van der Waals surface area contributed by atoms with Crippen LogP contribution in [-0.4, -0.2) is 35.7 Å². The van der Waals surface area contributed by atoms with Crippen LogP contribution in [-0.2, 0) is 4.79 Å². The van der Waals surface area contributed by atoms with E-state index in [0.29, 0.717) is 0 Å². The Balaban J connectivity index is 1.86. The molecular weight excluding hydrogens is 180 g/mol. The van der Waals surface area contributed by atoms with Gasteiger partial charge in [-0.05, 0) is 38.6 Å². The predicted molar refractivity (Wildman–Crippen MR) is 52.8 cm³/mol. The van der Waals surface area contributed by atoms with Crippen LogP contribution < -0.4 is 10.6 Å². The molecule has 0 aromatic heterocycles. The second-order valence-corrected chi connectivity index (χ2v) is 4.43. The molecule has 2 aliphatic rings. The fourth-order valence-corrected chi connectivity index (χ4v) is 2.18. The van der Waals surface area contributed by atoms with E-state index < -0.39 is 0 Å². The number of amides is 1. The summed E-state index contributed by atoms with van der Waals surface area (Å²) >= 11 is 0.